The molecule has 0 bridgehead atoms. The predicted octanol–water partition coefficient (Wildman–Crippen LogP) is 1.22. The number of benzene rings is 1. The summed E-state index contributed by atoms with van der Waals surface area (Å²) in [6.07, 6.45) is 1.31. The molecule has 4 rings (SSSR count). The van der Waals surface area contributed by atoms with Crippen molar-refractivity contribution in [1.82, 2.24) is 15.1 Å². The van der Waals surface area contributed by atoms with Crippen molar-refractivity contribution in [1.29, 1.82) is 0 Å². The third-order valence-electron chi connectivity index (χ3n) is 4.99. The number of nitrogens with one attached hydrogen (secondary N) is 1. The van der Waals surface area contributed by atoms with E-state index in [0.717, 1.165) is 38.3 Å². The Balaban J connectivity index is 1.41. The average Bonchev–Trinajstić information content (AvgIpc) is 2.91. The fourth-order valence-corrected chi connectivity index (χ4v) is 3.75. The summed E-state index contributed by atoms with van der Waals surface area (Å²) in [6.45, 7) is 5.73. The molecular formula is C16H21N3O2. The number of amides is 2. The number of likely N-dealkylation sites (N-methyl/N-ethyl adjacent to an activating group) is 1. The first-order chi connectivity index (χ1) is 10.1. The van der Waals surface area contributed by atoms with Crippen LogP contribution in [0.25, 0.3) is 0 Å². The van der Waals surface area contributed by atoms with Crippen molar-refractivity contribution in [3.05, 3.63) is 29.3 Å². The SMILES string of the molecule is CC1Cc2cc(CN3CC4(CNC(=O)N4C)C3)ccc2O1. The summed E-state index contributed by atoms with van der Waals surface area (Å²) in [5.74, 6) is 1.04. The minimum Gasteiger partial charge on any atom is -0.490 e. The lowest BCUT2D eigenvalue weighted by Gasteiger charge is -2.50. The molecule has 1 unspecified atom stereocenters. The van der Waals surface area contributed by atoms with Crippen LogP contribution in [0.3, 0.4) is 0 Å². The molecule has 1 spiro atoms. The van der Waals surface area contributed by atoms with Gasteiger partial charge in [-0.05, 0) is 24.1 Å². The Labute approximate surface area is 124 Å². The van der Waals surface area contributed by atoms with E-state index in [4.69, 9.17) is 4.74 Å². The van der Waals surface area contributed by atoms with Gasteiger partial charge in [0.15, 0.2) is 0 Å². The van der Waals surface area contributed by atoms with E-state index in [0.29, 0.717) is 6.10 Å². The Morgan fingerprint density at radius 1 is 1.43 bits per heavy atom. The molecule has 1 N–H and O–H groups in total. The molecule has 2 saturated heterocycles. The minimum absolute atomic E-state index is 0.0193. The first-order valence-electron chi connectivity index (χ1n) is 7.58. The topological polar surface area (TPSA) is 44.8 Å². The molecule has 1 aromatic rings. The Bertz CT molecular complexity index is 595. The zero-order chi connectivity index (χ0) is 14.6. The van der Waals surface area contributed by atoms with Crippen LogP contribution in [-0.4, -0.2) is 54.2 Å². The molecule has 0 radical (unpaired) electrons. The van der Waals surface area contributed by atoms with Crippen LogP contribution in [0.5, 0.6) is 5.75 Å². The van der Waals surface area contributed by atoms with Gasteiger partial charge in [0, 0.05) is 39.6 Å². The second kappa shape index (κ2) is 4.37. The monoisotopic (exact) mass is 287 g/mol. The first-order valence-corrected chi connectivity index (χ1v) is 7.58. The normalized spacial score (nSPS) is 26.5. The Hall–Kier alpha value is -1.75. The smallest absolute Gasteiger partial charge is 0.317 e. The van der Waals surface area contributed by atoms with Gasteiger partial charge in [-0.2, -0.15) is 0 Å². The summed E-state index contributed by atoms with van der Waals surface area (Å²) >= 11 is 0. The second-order valence-corrected chi connectivity index (χ2v) is 6.66. The Morgan fingerprint density at radius 3 is 2.95 bits per heavy atom. The summed E-state index contributed by atoms with van der Waals surface area (Å²) < 4.78 is 5.74. The van der Waals surface area contributed by atoms with Gasteiger partial charge in [-0.1, -0.05) is 12.1 Å². The number of rotatable bonds is 2. The van der Waals surface area contributed by atoms with Crippen LogP contribution < -0.4 is 10.1 Å². The summed E-state index contributed by atoms with van der Waals surface area (Å²) in [7, 11) is 1.90. The molecule has 5 nitrogen and oxygen atoms in total. The van der Waals surface area contributed by atoms with Gasteiger partial charge < -0.3 is 15.0 Å². The molecule has 2 fully saturated rings. The molecule has 3 heterocycles. The molecule has 0 saturated carbocycles. The number of hydrogen-bond acceptors (Lipinski definition) is 3. The number of hydrogen-bond donors (Lipinski definition) is 1. The number of carbonyl (C=O) groups excluding carboxylic acids is 1. The fraction of sp³-hybridized carbons (Fsp3) is 0.562. The number of fused-ring (bicyclic) bond motifs is 1. The molecule has 3 aliphatic rings. The lowest BCUT2D eigenvalue weighted by atomic mass is 9.89. The van der Waals surface area contributed by atoms with E-state index >= 15 is 0 Å². The highest BCUT2D eigenvalue weighted by Gasteiger charge is 2.51. The molecule has 3 aliphatic heterocycles. The standard InChI is InChI=1S/C16H21N3O2/c1-11-5-13-6-12(3-4-14(13)21-11)7-19-9-16(10-19)8-17-15(20)18(16)2/h3-4,6,11H,5,7-10H2,1-2H3,(H,17,20). The van der Waals surface area contributed by atoms with Crippen molar-refractivity contribution in [3.8, 4) is 5.75 Å². The maximum absolute atomic E-state index is 11.6. The van der Waals surface area contributed by atoms with Crippen LogP contribution in [0, 0.1) is 0 Å². The van der Waals surface area contributed by atoms with Crippen molar-refractivity contribution in [2.24, 2.45) is 0 Å². The van der Waals surface area contributed by atoms with E-state index in [1.807, 2.05) is 11.9 Å². The Kier molecular flexibility index (Phi) is 2.70. The summed E-state index contributed by atoms with van der Waals surface area (Å²) in [6, 6.07) is 6.57. The summed E-state index contributed by atoms with van der Waals surface area (Å²) in [5.41, 5.74) is 2.68. The van der Waals surface area contributed by atoms with Gasteiger partial charge in [-0.15, -0.1) is 0 Å². The molecular weight excluding hydrogens is 266 g/mol. The number of carbonyl (C=O) groups is 1. The summed E-state index contributed by atoms with van der Waals surface area (Å²) in [5, 5.41) is 2.93. The van der Waals surface area contributed by atoms with Crippen molar-refractivity contribution >= 4 is 6.03 Å². The molecule has 21 heavy (non-hydrogen) atoms. The highest BCUT2D eigenvalue weighted by Crippen LogP contribution is 2.33. The molecule has 5 heteroatoms. The van der Waals surface area contributed by atoms with Gasteiger partial charge >= 0.3 is 6.03 Å². The maximum atomic E-state index is 11.6. The van der Waals surface area contributed by atoms with E-state index in [1.165, 1.54) is 11.1 Å². The lowest BCUT2D eigenvalue weighted by Crippen LogP contribution is -2.68. The van der Waals surface area contributed by atoms with Crippen molar-refractivity contribution in [3.63, 3.8) is 0 Å². The zero-order valence-electron chi connectivity index (χ0n) is 12.6. The van der Waals surface area contributed by atoms with E-state index in [1.54, 1.807) is 0 Å². The number of ether oxygens (including phenoxy) is 1. The highest BCUT2D eigenvalue weighted by molar-refractivity contribution is 5.78. The van der Waals surface area contributed by atoms with Crippen molar-refractivity contribution in [2.45, 2.75) is 31.5 Å². The maximum Gasteiger partial charge on any atom is 0.317 e. The van der Waals surface area contributed by atoms with Crippen LogP contribution >= 0.6 is 0 Å². The van der Waals surface area contributed by atoms with E-state index in [-0.39, 0.29) is 11.6 Å². The van der Waals surface area contributed by atoms with E-state index < -0.39 is 0 Å². The van der Waals surface area contributed by atoms with Crippen LogP contribution in [0.1, 0.15) is 18.1 Å². The van der Waals surface area contributed by atoms with E-state index in [2.05, 4.69) is 35.3 Å². The summed E-state index contributed by atoms with van der Waals surface area (Å²) in [4.78, 5) is 15.9. The molecule has 112 valence electrons. The van der Waals surface area contributed by atoms with Gasteiger partial charge in [0.05, 0.1) is 5.54 Å². The average molecular weight is 287 g/mol. The van der Waals surface area contributed by atoms with Crippen LogP contribution in [0.4, 0.5) is 4.79 Å². The largest absolute Gasteiger partial charge is 0.490 e. The van der Waals surface area contributed by atoms with Crippen molar-refractivity contribution < 1.29 is 9.53 Å². The number of urea groups is 1. The molecule has 2 amide bonds. The first kappa shape index (κ1) is 13.0. The third-order valence-corrected chi connectivity index (χ3v) is 4.99. The zero-order valence-corrected chi connectivity index (χ0v) is 12.6. The molecule has 0 aliphatic carbocycles. The lowest BCUT2D eigenvalue weighted by molar-refractivity contribution is -0.00106. The molecule has 1 aromatic carbocycles. The highest BCUT2D eigenvalue weighted by atomic mass is 16.5. The second-order valence-electron chi connectivity index (χ2n) is 6.66. The minimum atomic E-state index is 0.0193. The van der Waals surface area contributed by atoms with Crippen LogP contribution in [0.2, 0.25) is 0 Å². The van der Waals surface area contributed by atoms with Crippen LogP contribution in [-0.2, 0) is 13.0 Å². The van der Waals surface area contributed by atoms with Gasteiger partial charge in [-0.3, -0.25) is 4.90 Å². The van der Waals surface area contributed by atoms with Gasteiger partial charge in [0.2, 0.25) is 0 Å². The Morgan fingerprint density at radius 2 is 2.24 bits per heavy atom. The number of nitrogens with zero attached hydrogens (tertiary/aromatic N) is 2. The van der Waals surface area contributed by atoms with Gasteiger partial charge in [0.1, 0.15) is 11.9 Å². The van der Waals surface area contributed by atoms with Gasteiger partial charge in [0.25, 0.3) is 0 Å². The predicted molar refractivity (Wildman–Crippen MR) is 79.4 cm³/mol. The van der Waals surface area contributed by atoms with Gasteiger partial charge in [-0.25, -0.2) is 4.79 Å². The third kappa shape index (κ3) is 1.99. The van der Waals surface area contributed by atoms with E-state index in [9.17, 15) is 4.79 Å². The van der Waals surface area contributed by atoms with Crippen LogP contribution in [0.15, 0.2) is 18.2 Å². The van der Waals surface area contributed by atoms with Crippen molar-refractivity contribution in [2.75, 3.05) is 26.7 Å². The molecule has 1 atom stereocenters. The molecule has 0 aromatic heterocycles. The number of likely N-dealkylation sites (tertiary alicyclic amines) is 1. The fourth-order valence-electron chi connectivity index (χ4n) is 3.75. The quantitative estimate of drug-likeness (QED) is 0.889.